The number of carboxylic acid groups (broad SMARTS) is 4. The van der Waals surface area contributed by atoms with Crippen LogP contribution < -0.4 is 0 Å². The third-order valence-electron chi connectivity index (χ3n) is 11.5. The first-order valence-corrected chi connectivity index (χ1v) is 25.0. The number of hydrogen-bond donors (Lipinski definition) is 4. The molecule has 0 saturated carbocycles. The molecule has 20 nitrogen and oxygen atoms in total. The van der Waals surface area contributed by atoms with E-state index in [1.54, 1.807) is 14.2 Å². The van der Waals surface area contributed by atoms with Crippen molar-refractivity contribution in [2.45, 2.75) is 182 Å². The van der Waals surface area contributed by atoms with Crippen LogP contribution in [0, 0.1) is 16.2 Å². The first-order valence-electron chi connectivity index (χ1n) is 25.0. The fraction of sp³-hybridized carbons (Fsp3) is 0.603. The summed E-state index contributed by atoms with van der Waals surface area (Å²) in [6.07, 6.45) is 5.79. The Morgan fingerprint density at radius 3 is 0.936 bits per heavy atom. The zero-order chi connectivity index (χ0) is 61.6. The first kappa shape index (κ1) is 80.2. The highest BCUT2D eigenvalue weighted by Crippen LogP contribution is 2.25. The van der Waals surface area contributed by atoms with E-state index in [0.29, 0.717) is 13.2 Å². The second-order valence-electron chi connectivity index (χ2n) is 20.2. The number of carboxylic acids is 4. The summed E-state index contributed by atoms with van der Waals surface area (Å²) in [6, 6.07) is 3.69. The Balaban J connectivity index is -0.000000280. The molecular weight excluding hydrogens is 1020 g/mol. The summed E-state index contributed by atoms with van der Waals surface area (Å²) in [5.74, 6) is -8.19. The molecule has 0 fully saturated rings. The molecule has 0 aliphatic rings. The molecule has 0 aliphatic carbocycles. The number of hydrogen-bond acceptors (Lipinski definition) is 16. The van der Waals surface area contributed by atoms with E-state index in [1.165, 1.54) is 7.11 Å². The van der Waals surface area contributed by atoms with Gasteiger partial charge >= 0.3 is 41.8 Å². The lowest BCUT2D eigenvalue weighted by molar-refractivity contribution is -0.165. The van der Waals surface area contributed by atoms with Gasteiger partial charge in [-0.15, -0.1) is 0 Å². The van der Waals surface area contributed by atoms with E-state index in [9.17, 15) is 52.7 Å². The SMILES string of the molecule is C.CC(=O)c1cc(C(=O)O)c(C(C)=O)cc1C(=O)O.CC(=O)c1cc(C(C)=O)c(C(=O)O)cc1C(=O)O.CCC(C)(C)C(=O)OC.CCC(C)(C)C(=O)OC(C)(C)C.CCC(COC)OC.CCCCOC(=O)C(C)(C)CC. The normalized spacial score (nSPS) is 11.0. The van der Waals surface area contributed by atoms with Gasteiger partial charge in [-0.05, 0) is 146 Å². The largest absolute Gasteiger partial charge is 0.478 e. The maximum atomic E-state index is 11.5. The summed E-state index contributed by atoms with van der Waals surface area (Å²) < 4.78 is 24.8. The van der Waals surface area contributed by atoms with Gasteiger partial charge in [0.15, 0.2) is 23.1 Å². The van der Waals surface area contributed by atoms with Gasteiger partial charge in [0.25, 0.3) is 0 Å². The van der Waals surface area contributed by atoms with E-state index in [4.69, 9.17) is 39.4 Å². The quantitative estimate of drug-likeness (QED) is 0.0390. The van der Waals surface area contributed by atoms with Crippen molar-refractivity contribution in [3.05, 3.63) is 68.8 Å². The number of rotatable bonds is 21. The van der Waals surface area contributed by atoms with Crippen LogP contribution in [-0.2, 0) is 38.1 Å². The predicted molar refractivity (Wildman–Crippen MR) is 296 cm³/mol. The number of Topliss-reactive ketones (excluding diaryl/α,β-unsaturated/α-hetero) is 4. The molecule has 2 aromatic carbocycles. The zero-order valence-electron chi connectivity index (χ0n) is 49.4. The van der Waals surface area contributed by atoms with Crippen LogP contribution in [-0.4, -0.2) is 132 Å². The number of carbonyl (C=O) groups excluding carboxylic acids is 7. The average Bonchev–Trinajstić information content (AvgIpc) is 3.34. The summed E-state index contributed by atoms with van der Waals surface area (Å²) in [7, 11) is 4.80. The maximum absolute atomic E-state index is 11.5. The summed E-state index contributed by atoms with van der Waals surface area (Å²) in [5, 5.41) is 35.7. The van der Waals surface area contributed by atoms with E-state index in [0.717, 1.165) is 90.5 Å². The minimum Gasteiger partial charge on any atom is -0.478 e. The van der Waals surface area contributed by atoms with Gasteiger partial charge in [-0.3, -0.25) is 33.6 Å². The van der Waals surface area contributed by atoms with Gasteiger partial charge in [0, 0.05) is 36.5 Å². The van der Waals surface area contributed by atoms with Gasteiger partial charge in [-0.2, -0.15) is 0 Å². The second-order valence-corrected chi connectivity index (χ2v) is 20.2. The van der Waals surface area contributed by atoms with Crippen molar-refractivity contribution in [3.63, 3.8) is 0 Å². The van der Waals surface area contributed by atoms with Crippen LogP contribution in [0.3, 0.4) is 0 Å². The molecular formula is C58H92O20. The molecule has 1 unspecified atom stereocenters. The molecule has 1 atom stereocenters. The molecule has 0 radical (unpaired) electrons. The lowest BCUT2D eigenvalue weighted by atomic mass is 9.90. The minimum atomic E-state index is -1.42. The molecule has 78 heavy (non-hydrogen) atoms. The molecule has 0 heterocycles. The van der Waals surface area contributed by atoms with Crippen molar-refractivity contribution in [1.82, 2.24) is 0 Å². The van der Waals surface area contributed by atoms with Crippen LogP contribution in [0.25, 0.3) is 0 Å². The Morgan fingerprint density at radius 1 is 0.462 bits per heavy atom. The Morgan fingerprint density at radius 2 is 0.744 bits per heavy atom. The summed E-state index contributed by atoms with van der Waals surface area (Å²) in [4.78, 5) is 123. The van der Waals surface area contributed by atoms with E-state index < -0.39 is 58.1 Å². The van der Waals surface area contributed by atoms with Crippen LogP contribution in [0.5, 0.6) is 0 Å². The van der Waals surface area contributed by atoms with Gasteiger partial charge in [-0.25, -0.2) is 19.2 Å². The number of ketones is 4. The van der Waals surface area contributed by atoms with Crippen LogP contribution >= 0.6 is 0 Å². The zero-order valence-corrected chi connectivity index (χ0v) is 49.4. The van der Waals surface area contributed by atoms with Gasteiger partial charge in [0.1, 0.15) is 5.60 Å². The van der Waals surface area contributed by atoms with Gasteiger partial charge in [-0.1, -0.05) is 48.5 Å². The van der Waals surface area contributed by atoms with E-state index in [1.807, 2.05) is 83.1 Å². The van der Waals surface area contributed by atoms with Gasteiger partial charge < -0.3 is 44.1 Å². The summed E-state index contributed by atoms with van der Waals surface area (Å²) in [5.41, 5.74) is -3.78. The van der Waals surface area contributed by atoms with E-state index >= 15 is 0 Å². The molecule has 4 N–H and O–H groups in total. The molecule has 2 rings (SSSR count). The highest BCUT2D eigenvalue weighted by Gasteiger charge is 2.31. The molecule has 2 aromatic rings. The van der Waals surface area contributed by atoms with Crippen molar-refractivity contribution in [2.24, 2.45) is 16.2 Å². The van der Waals surface area contributed by atoms with Crippen LogP contribution in [0.1, 0.15) is 253 Å². The number of methoxy groups -OCH3 is 3. The van der Waals surface area contributed by atoms with E-state index in [-0.39, 0.29) is 86.7 Å². The highest BCUT2D eigenvalue weighted by molar-refractivity contribution is 6.13. The van der Waals surface area contributed by atoms with Gasteiger partial charge in [0.05, 0.1) is 64.9 Å². The number of benzene rings is 2. The Hall–Kier alpha value is -6.67. The number of ether oxygens (including phenoxy) is 5. The van der Waals surface area contributed by atoms with Crippen molar-refractivity contribution >= 4 is 64.9 Å². The summed E-state index contributed by atoms with van der Waals surface area (Å²) in [6.45, 7) is 33.0. The second kappa shape index (κ2) is 38.0. The number of unbranched alkanes of at least 4 members (excludes halogenated alkanes) is 1. The minimum absolute atomic E-state index is 0. The third-order valence-corrected chi connectivity index (χ3v) is 11.5. The Kier molecular flexibility index (Phi) is 39.1. The molecule has 0 aromatic heterocycles. The van der Waals surface area contributed by atoms with Crippen molar-refractivity contribution < 1.29 is 96.9 Å². The van der Waals surface area contributed by atoms with Crippen LogP contribution in [0.15, 0.2) is 24.3 Å². The fourth-order valence-corrected chi connectivity index (χ4v) is 5.24. The fourth-order valence-electron chi connectivity index (χ4n) is 5.24. The predicted octanol–water partition coefficient (Wildman–Crippen LogP) is 11.8. The Labute approximate surface area is 462 Å². The summed E-state index contributed by atoms with van der Waals surface area (Å²) >= 11 is 0. The van der Waals surface area contributed by atoms with Crippen LogP contribution in [0.4, 0.5) is 0 Å². The average molecular weight is 1110 g/mol. The lowest BCUT2D eigenvalue weighted by Gasteiger charge is -2.27. The molecule has 0 aliphatic heterocycles. The Bertz CT molecular complexity index is 2020. The standard InChI is InChI=1S/2C12H10O6.2C10H20O2.C7H14O2.C6H14O2.CH4/c1-5(13)7-3-10(12(17)18)8(6(2)14)4-9(7)11(15)16;1-5(13)7-3-8(6(2)14)10(12(17)18)4-9(7)11(15)16;1-7-10(5,6)8(11)12-9(2,3)4;1-5-7-8-12-9(11)10(3,4)6-2;1-5-7(2,3)6(8)9-4;1-4-6(8-3)5-7-2;/h2*3-4H,1-2H3,(H,15,16)(H,17,18);7H2,1-6H3;5-8H2,1-4H3;5H2,1-4H3;6H,4-5H2,1-3H3;1H4. The van der Waals surface area contributed by atoms with Gasteiger partial charge in [0.2, 0.25) is 0 Å². The molecule has 0 spiro atoms. The maximum Gasteiger partial charge on any atom is 0.336 e. The molecule has 444 valence electrons. The van der Waals surface area contributed by atoms with Crippen molar-refractivity contribution in [2.75, 3.05) is 34.5 Å². The highest BCUT2D eigenvalue weighted by atomic mass is 16.6. The van der Waals surface area contributed by atoms with Crippen LogP contribution in [0.2, 0.25) is 0 Å². The molecule has 0 saturated heterocycles. The first-order chi connectivity index (χ1) is 35.1. The molecule has 0 amide bonds. The third kappa shape index (κ3) is 30.3. The lowest BCUT2D eigenvalue weighted by Crippen LogP contribution is -2.33. The van der Waals surface area contributed by atoms with Crippen molar-refractivity contribution in [3.8, 4) is 0 Å². The topological polar surface area (TPSA) is 315 Å². The smallest absolute Gasteiger partial charge is 0.336 e. The monoisotopic (exact) mass is 1110 g/mol. The molecule has 0 bridgehead atoms. The molecule has 20 heteroatoms. The van der Waals surface area contributed by atoms with E-state index in [2.05, 4.69) is 18.6 Å². The number of aromatic carboxylic acids is 4. The number of carbonyl (C=O) groups is 11. The van der Waals surface area contributed by atoms with Crippen molar-refractivity contribution in [1.29, 1.82) is 0 Å². The number of esters is 3.